The summed E-state index contributed by atoms with van der Waals surface area (Å²) in [5, 5.41) is 1.56. The standard InChI is InChI=1S/C6H6O4S.Na/c1-2-4-10-5-3-6-11(7,8)9;/h1H,4-5H2,(H,7,8,9);. The average molecular weight is 197 g/mol. The molecular weight excluding hydrogens is 191 g/mol. The first-order chi connectivity index (χ1) is 5.06. The molecule has 0 spiro atoms. The quantitative estimate of drug-likeness (QED) is 0.270. The van der Waals surface area contributed by atoms with Gasteiger partial charge in [-0.15, -0.1) is 6.42 Å². The van der Waals surface area contributed by atoms with Gasteiger partial charge in [-0.25, -0.2) is 0 Å². The number of terminal acetylenes is 1. The summed E-state index contributed by atoms with van der Waals surface area (Å²) in [6.07, 6.45) is 4.81. The molecule has 0 atom stereocenters. The van der Waals surface area contributed by atoms with E-state index >= 15 is 0 Å². The molecule has 0 fully saturated rings. The van der Waals surface area contributed by atoms with Crippen molar-refractivity contribution in [1.82, 2.24) is 0 Å². The molecule has 6 heteroatoms. The molecule has 61 valence electrons. The molecule has 0 amide bonds. The fourth-order valence-electron chi connectivity index (χ4n) is 0.282. The molecule has 0 bridgehead atoms. The normalized spacial score (nSPS) is 8.67. The summed E-state index contributed by atoms with van der Waals surface area (Å²) in [6, 6.07) is 0. The summed E-state index contributed by atoms with van der Waals surface area (Å²) >= 11 is 0. The minimum Gasteiger partial charge on any atom is -0.356 e. The molecule has 1 radical (unpaired) electrons. The zero-order valence-corrected chi connectivity index (χ0v) is 9.39. The minimum absolute atomic E-state index is 0. The molecule has 0 rings (SSSR count). The van der Waals surface area contributed by atoms with Crippen LogP contribution >= 0.6 is 0 Å². The van der Waals surface area contributed by atoms with E-state index in [0.29, 0.717) is 0 Å². The van der Waals surface area contributed by atoms with Crippen LogP contribution in [0.1, 0.15) is 0 Å². The Labute approximate surface area is 93.7 Å². The molecule has 0 aromatic heterocycles. The Hall–Kier alpha value is -0.0100. The molecule has 0 aromatic rings. The predicted molar refractivity (Wildman–Crippen MR) is 44.7 cm³/mol. The van der Waals surface area contributed by atoms with Gasteiger partial charge >= 0.3 is 10.1 Å². The van der Waals surface area contributed by atoms with Crippen LogP contribution in [0.15, 0.2) is 0 Å². The first kappa shape index (κ1) is 14.5. The van der Waals surface area contributed by atoms with Crippen molar-refractivity contribution in [3.05, 3.63) is 0 Å². The smallest absolute Gasteiger partial charge is 0.335 e. The SMILES string of the molecule is C#CCOCC#CS(=O)(=O)O.[Na]. The summed E-state index contributed by atoms with van der Waals surface area (Å²) in [5.41, 5.74) is 0. The van der Waals surface area contributed by atoms with Gasteiger partial charge in [-0.3, -0.25) is 4.55 Å². The van der Waals surface area contributed by atoms with Crippen molar-refractivity contribution >= 4 is 39.7 Å². The molecule has 4 nitrogen and oxygen atoms in total. The number of hydrogen-bond donors (Lipinski definition) is 1. The van der Waals surface area contributed by atoms with Gasteiger partial charge in [0.05, 0.1) is 5.25 Å². The van der Waals surface area contributed by atoms with Gasteiger partial charge in [0.1, 0.15) is 13.2 Å². The monoisotopic (exact) mass is 197 g/mol. The van der Waals surface area contributed by atoms with E-state index < -0.39 is 10.1 Å². The van der Waals surface area contributed by atoms with Crippen molar-refractivity contribution in [2.45, 2.75) is 0 Å². The molecule has 0 unspecified atom stereocenters. The van der Waals surface area contributed by atoms with Crippen LogP contribution in [-0.2, 0) is 14.9 Å². The Balaban J connectivity index is 0. The topological polar surface area (TPSA) is 63.6 Å². The van der Waals surface area contributed by atoms with Gasteiger partial charge in [-0.1, -0.05) is 11.8 Å². The summed E-state index contributed by atoms with van der Waals surface area (Å²) in [6.45, 7) is -0.0376. The maximum Gasteiger partial charge on any atom is 0.335 e. The van der Waals surface area contributed by atoms with Crippen molar-refractivity contribution in [3.8, 4) is 23.5 Å². The van der Waals surface area contributed by atoms with Crippen molar-refractivity contribution in [3.63, 3.8) is 0 Å². The van der Waals surface area contributed by atoms with Crippen molar-refractivity contribution < 1.29 is 17.7 Å². The Kier molecular flexibility index (Phi) is 9.23. The van der Waals surface area contributed by atoms with Gasteiger partial charge in [-0.05, 0) is 0 Å². The van der Waals surface area contributed by atoms with E-state index in [4.69, 9.17) is 11.0 Å². The van der Waals surface area contributed by atoms with E-state index in [1.807, 2.05) is 0 Å². The van der Waals surface area contributed by atoms with Gasteiger partial charge in [0, 0.05) is 29.6 Å². The third-order valence-corrected chi connectivity index (χ3v) is 0.963. The fourth-order valence-corrected chi connectivity index (χ4v) is 0.523. The maximum atomic E-state index is 9.95. The molecule has 0 heterocycles. The van der Waals surface area contributed by atoms with E-state index in [0.717, 1.165) is 0 Å². The van der Waals surface area contributed by atoms with Crippen LogP contribution < -0.4 is 0 Å². The second kappa shape index (κ2) is 7.63. The predicted octanol–water partition coefficient (Wildman–Crippen LogP) is -0.896. The van der Waals surface area contributed by atoms with Gasteiger partial charge < -0.3 is 4.74 Å². The summed E-state index contributed by atoms with van der Waals surface area (Å²) < 4.78 is 32.6. The fraction of sp³-hybridized carbons (Fsp3) is 0.333. The first-order valence-electron chi connectivity index (χ1n) is 2.54. The van der Waals surface area contributed by atoms with Crippen LogP contribution in [0.3, 0.4) is 0 Å². The zero-order chi connectivity index (χ0) is 8.74. The molecule has 1 N–H and O–H groups in total. The van der Waals surface area contributed by atoms with Gasteiger partial charge in [-0.2, -0.15) is 8.42 Å². The third-order valence-electron chi connectivity index (χ3n) is 0.561. The van der Waals surface area contributed by atoms with E-state index in [9.17, 15) is 8.42 Å². The van der Waals surface area contributed by atoms with Crippen LogP contribution in [0, 0.1) is 23.5 Å². The molecule has 0 saturated carbocycles. The van der Waals surface area contributed by atoms with Crippen molar-refractivity contribution in [2.75, 3.05) is 13.2 Å². The van der Waals surface area contributed by atoms with E-state index in [2.05, 4.69) is 16.6 Å². The zero-order valence-electron chi connectivity index (χ0n) is 6.57. The molecule has 0 aliphatic carbocycles. The molecular formula is C6H6NaO4S. The van der Waals surface area contributed by atoms with Crippen molar-refractivity contribution in [2.24, 2.45) is 0 Å². The van der Waals surface area contributed by atoms with Crippen LogP contribution in [0.5, 0.6) is 0 Å². The molecule has 0 saturated heterocycles. The summed E-state index contributed by atoms with van der Waals surface area (Å²) in [7, 11) is -4.20. The minimum atomic E-state index is -4.20. The Morgan fingerprint density at radius 1 is 1.42 bits per heavy atom. The largest absolute Gasteiger partial charge is 0.356 e. The van der Waals surface area contributed by atoms with Gasteiger partial charge in [0.2, 0.25) is 0 Å². The second-order valence-electron chi connectivity index (χ2n) is 1.45. The molecule has 12 heavy (non-hydrogen) atoms. The third kappa shape index (κ3) is 12.6. The Morgan fingerprint density at radius 3 is 2.42 bits per heavy atom. The van der Waals surface area contributed by atoms with E-state index in [1.54, 1.807) is 5.25 Å². The molecule has 0 aromatic carbocycles. The van der Waals surface area contributed by atoms with E-state index in [-0.39, 0.29) is 42.8 Å². The van der Waals surface area contributed by atoms with E-state index in [1.165, 1.54) is 0 Å². The second-order valence-corrected chi connectivity index (χ2v) is 2.61. The summed E-state index contributed by atoms with van der Waals surface area (Å²) in [5.74, 6) is 4.22. The number of ether oxygens (including phenoxy) is 1. The van der Waals surface area contributed by atoms with Crippen LogP contribution in [0.2, 0.25) is 0 Å². The van der Waals surface area contributed by atoms with Crippen LogP contribution in [0.4, 0.5) is 0 Å². The average Bonchev–Trinajstić information content (AvgIpc) is 1.85. The molecule has 0 aliphatic rings. The Morgan fingerprint density at radius 2 is 2.00 bits per heavy atom. The van der Waals surface area contributed by atoms with Gasteiger partial charge in [0.15, 0.2) is 0 Å². The van der Waals surface area contributed by atoms with Gasteiger partial charge in [0.25, 0.3) is 0 Å². The molecule has 0 aliphatic heterocycles. The maximum absolute atomic E-state index is 9.95. The van der Waals surface area contributed by atoms with Crippen molar-refractivity contribution in [1.29, 1.82) is 0 Å². The van der Waals surface area contributed by atoms with Crippen LogP contribution in [0.25, 0.3) is 0 Å². The Bertz CT molecular complexity index is 303. The summed E-state index contributed by atoms with van der Waals surface area (Å²) in [4.78, 5) is 0. The number of rotatable bonds is 2. The number of hydrogen-bond acceptors (Lipinski definition) is 3. The van der Waals surface area contributed by atoms with Crippen LogP contribution in [-0.4, -0.2) is 55.7 Å². The first-order valence-corrected chi connectivity index (χ1v) is 3.98.